The highest BCUT2D eigenvalue weighted by Crippen LogP contribution is 2.37. The van der Waals surface area contributed by atoms with E-state index in [-0.39, 0.29) is 0 Å². The Morgan fingerprint density at radius 1 is 0.885 bits per heavy atom. The molecule has 2 aromatic rings. The number of rotatable bonds is 5. The summed E-state index contributed by atoms with van der Waals surface area (Å²) in [6.07, 6.45) is 6.78. The van der Waals surface area contributed by atoms with Gasteiger partial charge >= 0.3 is 0 Å². The van der Waals surface area contributed by atoms with Crippen LogP contribution in [0.25, 0.3) is 10.8 Å². The van der Waals surface area contributed by atoms with E-state index in [1.54, 1.807) is 0 Å². The molecule has 1 unspecified atom stereocenters. The molecule has 1 saturated carbocycles. The van der Waals surface area contributed by atoms with Crippen LogP contribution >= 0.6 is 0 Å². The maximum atomic E-state index is 3.88. The molecule has 0 amide bonds. The van der Waals surface area contributed by atoms with Crippen LogP contribution in [0, 0.1) is 17.8 Å². The number of fused-ring (bicyclic) bond motifs is 1. The van der Waals surface area contributed by atoms with Gasteiger partial charge in [0.25, 0.3) is 0 Å². The van der Waals surface area contributed by atoms with Crippen molar-refractivity contribution in [3.8, 4) is 11.8 Å². The van der Waals surface area contributed by atoms with Crippen molar-refractivity contribution >= 4 is 18.8 Å². The van der Waals surface area contributed by atoms with Gasteiger partial charge in [-0.15, -0.1) is 0 Å². The highest BCUT2D eigenvalue weighted by Gasteiger charge is 2.36. The molecule has 0 heterocycles. The van der Waals surface area contributed by atoms with Crippen LogP contribution in [0.15, 0.2) is 42.5 Å². The lowest BCUT2D eigenvalue weighted by Gasteiger charge is -2.34. The third-order valence-corrected chi connectivity index (χ3v) is 12.8. The zero-order valence-electron chi connectivity index (χ0n) is 16.9. The van der Waals surface area contributed by atoms with E-state index in [1.165, 1.54) is 66.6 Å². The van der Waals surface area contributed by atoms with Crippen molar-refractivity contribution in [2.75, 3.05) is 0 Å². The second-order valence-corrected chi connectivity index (χ2v) is 13.5. The van der Waals surface area contributed by atoms with Gasteiger partial charge in [0.2, 0.25) is 0 Å². The Labute approximate surface area is 161 Å². The summed E-state index contributed by atoms with van der Waals surface area (Å²) >= 11 is 0. The molecule has 0 spiro atoms. The Kier molecular flexibility index (Phi) is 6.60. The molecule has 1 aliphatic rings. The molecule has 1 fully saturated rings. The van der Waals surface area contributed by atoms with Crippen molar-refractivity contribution in [3.63, 3.8) is 0 Å². The van der Waals surface area contributed by atoms with E-state index in [1.807, 2.05) is 0 Å². The standard InChI is InChI=1S/C25H34Si/c1-4-26(5-2,6-3)25(19-16-21-12-8-7-9-13-21)24-18-17-22-14-10-11-15-23(22)20-24/h10-11,14-15,17-18,20-21,25H,4-9,12-13H2,1-3H3. The largest absolute Gasteiger partial charge is 0.0996 e. The quantitative estimate of drug-likeness (QED) is 0.380. The van der Waals surface area contributed by atoms with E-state index in [2.05, 4.69) is 75.1 Å². The monoisotopic (exact) mass is 362 g/mol. The van der Waals surface area contributed by atoms with E-state index >= 15 is 0 Å². The fourth-order valence-electron chi connectivity index (χ4n) is 4.79. The van der Waals surface area contributed by atoms with Crippen LogP contribution in [0.3, 0.4) is 0 Å². The lowest BCUT2D eigenvalue weighted by Crippen LogP contribution is -2.39. The van der Waals surface area contributed by atoms with Crippen LogP contribution in [-0.2, 0) is 0 Å². The molecule has 2 aromatic carbocycles. The Bertz CT molecular complexity index is 761. The zero-order valence-corrected chi connectivity index (χ0v) is 17.9. The number of hydrogen-bond acceptors (Lipinski definition) is 0. The maximum Gasteiger partial charge on any atom is 0.0751 e. The van der Waals surface area contributed by atoms with Crippen molar-refractivity contribution in [2.45, 2.75) is 76.5 Å². The Morgan fingerprint density at radius 2 is 1.54 bits per heavy atom. The van der Waals surface area contributed by atoms with Crippen molar-refractivity contribution in [3.05, 3.63) is 48.0 Å². The molecule has 1 aliphatic carbocycles. The summed E-state index contributed by atoms with van der Waals surface area (Å²) in [6.45, 7) is 7.24. The van der Waals surface area contributed by atoms with E-state index in [4.69, 9.17) is 0 Å². The summed E-state index contributed by atoms with van der Waals surface area (Å²) in [7, 11) is -1.43. The Hall–Kier alpha value is -1.52. The minimum atomic E-state index is -1.43. The molecular formula is C25H34Si. The highest BCUT2D eigenvalue weighted by atomic mass is 28.3. The highest BCUT2D eigenvalue weighted by molar-refractivity contribution is 6.81. The summed E-state index contributed by atoms with van der Waals surface area (Å²) in [5, 5.41) is 2.70. The summed E-state index contributed by atoms with van der Waals surface area (Å²) in [6, 6.07) is 19.8. The first-order valence-corrected chi connectivity index (χ1v) is 13.4. The van der Waals surface area contributed by atoms with E-state index in [0.29, 0.717) is 11.5 Å². The van der Waals surface area contributed by atoms with Gasteiger partial charge < -0.3 is 0 Å². The first-order valence-electron chi connectivity index (χ1n) is 10.7. The second-order valence-electron chi connectivity index (χ2n) is 8.09. The fraction of sp³-hybridized carbons (Fsp3) is 0.520. The third kappa shape index (κ3) is 4.07. The summed E-state index contributed by atoms with van der Waals surface area (Å²) < 4.78 is 0. The molecule has 138 valence electrons. The van der Waals surface area contributed by atoms with Crippen LogP contribution in [0.2, 0.25) is 18.1 Å². The van der Waals surface area contributed by atoms with Crippen molar-refractivity contribution in [2.24, 2.45) is 5.92 Å². The van der Waals surface area contributed by atoms with Crippen LogP contribution in [-0.4, -0.2) is 8.07 Å². The lowest BCUT2D eigenvalue weighted by atomic mass is 9.89. The van der Waals surface area contributed by atoms with Gasteiger partial charge in [0.1, 0.15) is 0 Å². The molecule has 0 aromatic heterocycles. The molecular weight excluding hydrogens is 328 g/mol. The van der Waals surface area contributed by atoms with Crippen LogP contribution < -0.4 is 0 Å². The molecule has 0 nitrogen and oxygen atoms in total. The molecule has 3 rings (SSSR count). The Morgan fingerprint density at radius 3 is 2.19 bits per heavy atom. The summed E-state index contributed by atoms with van der Waals surface area (Å²) in [4.78, 5) is 0. The van der Waals surface area contributed by atoms with Crippen molar-refractivity contribution < 1.29 is 0 Å². The van der Waals surface area contributed by atoms with E-state index < -0.39 is 8.07 Å². The minimum Gasteiger partial charge on any atom is -0.0996 e. The molecule has 0 saturated heterocycles. The fourth-order valence-corrected chi connectivity index (χ4v) is 8.79. The van der Waals surface area contributed by atoms with Gasteiger partial charge in [-0.25, -0.2) is 0 Å². The van der Waals surface area contributed by atoms with Crippen LogP contribution in [0.4, 0.5) is 0 Å². The van der Waals surface area contributed by atoms with Crippen LogP contribution in [0.5, 0.6) is 0 Å². The molecule has 0 radical (unpaired) electrons. The zero-order chi connectivity index (χ0) is 18.4. The predicted molar refractivity (Wildman–Crippen MR) is 118 cm³/mol. The summed E-state index contributed by atoms with van der Waals surface area (Å²) in [5.41, 5.74) is 1.96. The molecule has 1 atom stereocenters. The Balaban J connectivity index is 2.02. The molecule has 0 N–H and O–H groups in total. The van der Waals surface area contributed by atoms with E-state index in [9.17, 15) is 0 Å². The second kappa shape index (κ2) is 8.91. The third-order valence-electron chi connectivity index (χ3n) is 6.87. The van der Waals surface area contributed by atoms with E-state index in [0.717, 1.165) is 0 Å². The normalized spacial score (nSPS) is 16.9. The first-order chi connectivity index (χ1) is 12.7. The minimum absolute atomic E-state index is 0.481. The maximum absolute atomic E-state index is 3.88. The van der Waals surface area contributed by atoms with Crippen molar-refractivity contribution in [1.29, 1.82) is 0 Å². The van der Waals surface area contributed by atoms with Crippen LogP contribution in [0.1, 0.15) is 64.0 Å². The summed E-state index contributed by atoms with van der Waals surface area (Å²) in [5.74, 6) is 8.28. The molecule has 0 bridgehead atoms. The molecule has 1 heteroatoms. The van der Waals surface area contributed by atoms with Gasteiger partial charge in [-0.1, -0.05) is 112 Å². The topological polar surface area (TPSA) is 0 Å². The smallest absolute Gasteiger partial charge is 0.0751 e. The first kappa shape index (κ1) is 19.2. The SMILES string of the molecule is CC[Si](CC)(CC)C(C#CC1CCCCC1)c1ccc2ccccc2c1. The average molecular weight is 363 g/mol. The number of hydrogen-bond donors (Lipinski definition) is 0. The van der Waals surface area contributed by atoms with Gasteiger partial charge in [0.05, 0.1) is 8.07 Å². The molecule has 26 heavy (non-hydrogen) atoms. The van der Waals surface area contributed by atoms with Gasteiger partial charge in [-0.3, -0.25) is 0 Å². The lowest BCUT2D eigenvalue weighted by molar-refractivity contribution is 0.430. The number of benzene rings is 2. The van der Waals surface area contributed by atoms with Gasteiger partial charge in [0, 0.05) is 11.5 Å². The van der Waals surface area contributed by atoms with Gasteiger partial charge in [0.15, 0.2) is 0 Å². The van der Waals surface area contributed by atoms with Gasteiger partial charge in [-0.2, -0.15) is 0 Å². The predicted octanol–water partition coefficient (Wildman–Crippen LogP) is 7.55. The van der Waals surface area contributed by atoms with Crippen molar-refractivity contribution in [1.82, 2.24) is 0 Å². The molecule has 0 aliphatic heterocycles. The average Bonchev–Trinajstić information content (AvgIpc) is 2.72. The van der Waals surface area contributed by atoms with Gasteiger partial charge in [-0.05, 0) is 29.2 Å².